The van der Waals surface area contributed by atoms with Gasteiger partial charge in [-0.25, -0.2) is 4.39 Å². The third-order valence-electron chi connectivity index (χ3n) is 2.32. The molecule has 0 radical (unpaired) electrons. The number of alkyl halides is 1. The van der Waals surface area contributed by atoms with E-state index in [-0.39, 0.29) is 6.42 Å². The zero-order valence-corrected chi connectivity index (χ0v) is 9.84. The van der Waals surface area contributed by atoms with E-state index in [0.29, 0.717) is 12.8 Å². The molecule has 0 saturated heterocycles. The molecule has 0 aliphatic rings. The number of carbonyl (C=O) groups excluding carboxylic acids is 1. The van der Waals surface area contributed by atoms with E-state index >= 15 is 0 Å². The second-order valence-electron chi connectivity index (χ2n) is 3.66. The van der Waals surface area contributed by atoms with Crippen LogP contribution in [0.3, 0.4) is 0 Å². The second kappa shape index (κ2) is 5.38. The molecule has 1 unspecified atom stereocenters. The molecule has 0 aromatic carbocycles. The summed E-state index contributed by atoms with van der Waals surface area (Å²) in [7, 11) is -2.08. The molecule has 0 aromatic rings. The third-order valence-corrected chi connectivity index (χ3v) is 4.68. The predicted octanol–water partition coefficient (Wildman–Crippen LogP) is 2.51. The molecule has 6 heteroatoms. The van der Waals surface area contributed by atoms with Crippen LogP contribution in [0.15, 0.2) is 0 Å². The molecule has 0 spiro atoms. The summed E-state index contributed by atoms with van der Waals surface area (Å²) in [4.78, 5) is 10.9. The Morgan fingerprint density at radius 3 is 2.21 bits per heavy atom. The monoisotopic (exact) mass is 227 g/mol. The smallest absolute Gasteiger partial charge is 0.266 e. The topological polar surface area (TPSA) is 20.3 Å². The highest BCUT2D eigenvalue weighted by atomic mass is 28.3. The molecule has 0 aromatic heterocycles. The van der Waals surface area contributed by atoms with Gasteiger partial charge in [0.05, 0.1) is 8.80 Å². The highest BCUT2D eigenvalue weighted by Gasteiger charge is 2.45. The maximum absolute atomic E-state index is 13.9. The van der Waals surface area contributed by atoms with Crippen molar-refractivity contribution in [2.24, 2.45) is 0 Å². The molecule has 14 heavy (non-hydrogen) atoms. The van der Waals surface area contributed by atoms with Crippen molar-refractivity contribution in [3.63, 3.8) is 0 Å². The van der Waals surface area contributed by atoms with Gasteiger partial charge in [0.1, 0.15) is 0 Å². The average Bonchev–Trinajstić information content (AvgIpc) is 2.12. The van der Waals surface area contributed by atoms with Gasteiger partial charge in [-0.3, -0.25) is 4.79 Å². The minimum Gasteiger partial charge on any atom is -0.266 e. The van der Waals surface area contributed by atoms with Crippen molar-refractivity contribution in [2.75, 3.05) is 0 Å². The summed E-state index contributed by atoms with van der Waals surface area (Å²) in [6, 6.07) is 0. The lowest BCUT2D eigenvalue weighted by atomic mass is 10.1. The van der Waals surface area contributed by atoms with Crippen LogP contribution in [0, 0.1) is 0 Å². The number of amides is 1. The van der Waals surface area contributed by atoms with Gasteiger partial charge in [0.2, 0.25) is 0 Å². The number of hydrogen-bond donors (Lipinski definition) is 0. The first-order valence-corrected chi connectivity index (χ1v) is 7.60. The lowest BCUT2D eigenvalue weighted by Crippen LogP contribution is -2.49. The van der Waals surface area contributed by atoms with Crippen molar-refractivity contribution < 1.29 is 18.1 Å². The number of carbonyl (C=O) groups is 1. The van der Waals surface area contributed by atoms with E-state index in [0.717, 1.165) is 0 Å². The van der Waals surface area contributed by atoms with Crippen LogP contribution >= 0.6 is 0 Å². The van der Waals surface area contributed by atoms with Crippen LogP contribution in [0.5, 0.6) is 0 Å². The summed E-state index contributed by atoms with van der Waals surface area (Å²) in [5, 5.41) is -3.91. The lowest BCUT2D eigenvalue weighted by Gasteiger charge is -2.26. The zero-order chi connectivity index (χ0) is 11.4. The molecule has 0 saturated carbocycles. The van der Waals surface area contributed by atoms with Gasteiger partial charge in [-0.05, 0) is 11.8 Å². The molecule has 0 heterocycles. The molecule has 0 aliphatic heterocycles. The first kappa shape index (κ1) is 13.5. The van der Waals surface area contributed by atoms with E-state index < -0.39 is 25.3 Å². The average molecular weight is 227 g/mol. The molecule has 2 nitrogen and oxygen atoms in total. The number of unbranched alkanes of at least 4 members (excludes halogenated alkanes) is 1. The minimum absolute atomic E-state index is 0.0867. The number of hydrogen-bond acceptors (Lipinski definition) is 1. The van der Waals surface area contributed by atoms with E-state index in [1.54, 1.807) is 13.1 Å². The zero-order valence-electron chi connectivity index (χ0n) is 8.69. The Morgan fingerprint density at radius 1 is 1.43 bits per heavy atom. The van der Waals surface area contributed by atoms with Gasteiger partial charge in [0.15, 0.2) is 5.29 Å². The van der Waals surface area contributed by atoms with Crippen molar-refractivity contribution in [1.29, 1.82) is 0 Å². The van der Waals surface area contributed by atoms with Crippen LogP contribution in [0.25, 0.3) is 0 Å². The minimum atomic E-state index is -2.29. The Labute approximate surface area is 83.6 Å². The molecule has 0 N–H and O–H groups in total. The quantitative estimate of drug-likeness (QED) is 0.522. The van der Waals surface area contributed by atoms with E-state index in [2.05, 4.69) is 0 Å². The van der Waals surface area contributed by atoms with E-state index in [1.807, 2.05) is 6.92 Å². The maximum atomic E-state index is 13.9. The molecule has 0 aliphatic carbocycles. The number of rotatable bonds is 5. The van der Waals surface area contributed by atoms with Crippen molar-refractivity contribution in [2.45, 2.75) is 44.6 Å². The molecule has 0 fully saturated rings. The van der Waals surface area contributed by atoms with Crippen LogP contribution in [0.1, 0.15) is 26.2 Å². The van der Waals surface area contributed by atoms with Gasteiger partial charge in [-0.1, -0.05) is 41.8 Å². The standard InChI is InChI=1S/C8H16F3NOSi/c1-4-5-6-8(9,14(2)3)7(13)12(10)11/h14H,4-6H2,1-3H3. The highest BCUT2D eigenvalue weighted by molar-refractivity contribution is 6.63. The predicted molar refractivity (Wildman–Crippen MR) is 51.3 cm³/mol. The lowest BCUT2D eigenvalue weighted by molar-refractivity contribution is -0.196. The van der Waals surface area contributed by atoms with Gasteiger partial charge in [0.25, 0.3) is 0 Å². The van der Waals surface area contributed by atoms with Crippen molar-refractivity contribution in [3.05, 3.63) is 0 Å². The van der Waals surface area contributed by atoms with Crippen LogP contribution < -0.4 is 0 Å². The largest absolute Gasteiger partial charge is 0.316 e. The molecular formula is C8H16F3NOSi. The van der Waals surface area contributed by atoms with Crippen molar-refractivity contribution >= 4 is 14.7 Å². The molecule has 0 bridgehead atoms. The maximum Gasteiger partial charge on any atom is 0.316 e. The first-order valence-electron chi connectivity index (χ1n) is 4.71. The molecule has 1 amide bonds. The Kier molecular flexibility index (Phi) is 5.18. The fourth-order valence-electron chi connectivity index (χ4n) is 1.22. The van der Waals surface area contributed by atoms with Gasteiger partial charge in [0, 0.05) is 0 Å². The fraction of sp³-hybridized carbons (Fsp3) is 0.875. The highest BCUT2D eigenvalue weighted by Crippen LogP contribution is 2.26. The Morgan fingerprint density at radius 2 is 1.93 bits per heavy atom. The molecule has 84 valence electrons. The number of nitrogens with zero attached hydrogens (tertiary/aromatic N) is 1. The Bertz CT molecular complexity index is 201. The van der Waals surface area contributed by atoms with E-state index in [9.17, 15) is 18.1 Å². The number of halogens is 3. The van der Waals surface area contributed by atoms with E-state index in [4.69, 9.17) is 0 Å². The third kappa shape index (κ3) is 3.00. The van der Waals surface area contributed by atoms with Gasteiger partial charge >= 0.3 is 5.91 Å². The summed E-state index contributed by atoms with van der Waals surface area (Å²) in [5.41, 5.74) is 0. The fourth-order valence-corrected chi connectivity index (χ4v) is 2.59. The summed E-state index contributed by atoms with van der Waals surface area (Å²) in [5.74, 6) is -1.67. The van der Waals surface area contributed by atoms with Crippen LogP contribution in [0.4, 0.5) is 13.4 Å². The normalized spacial score (nSPS) is 15.4. The summed E-state index contributed by atoms with van der Waals surface area (Å²) in [6.07, 6.45) is 1.07. The summed E-state index contributed by atoms with van der Waals surface area (Å²) in [6.45, 7) is 4.96. The summed E-state index contributed by atoms with van der Waals surface area (Å²) < 4.78 is 37.9. The Balaban J connectivity index is 4.62. The Hall–Kier alpha value is -0.523. The second-order valence-corrected chi connectivity index (χ2v) is 6.88. The molecular weight excluding hydrogens is 211 g/mol. The summed E-state index contributed by atoms with van der Waals surface area (Å²) >= 11 is 0. The molecule has 1 atom stereocenters. The first-order chi connectivity index (χ1) is 6.36. The van der Waals surface area contributed by atoms with Gasteiger partial charge in [-0.15, -0.1) is 0 Å². The van der Waals surface area contributed by atoms with Crippen LogP contribution in [-0.4, -0.2) is 25.3 Å². The van der Waals surface area contributed by atoms with E-state index in [1.165, 1.54) is 0 Å². The van der Waals surface area contributed by atoms with Crippen molar-refractivity contribution in [3.8, 4) is 0 Å². The molecule has 0 rings (SSSR count). The van der Waals surface area contributed by atoms with Gasteiger partial charge in [-0.2, -0.15) is 0 Å². The van der Waals surface area contributed by atoms with Gasteiger partial charge < -0.3 is 0 Å². The SMILES string of the molecule is CCCCC(F)(C(=O)N(F)F)[SiH](C)C. The van der Waals surface area contributed by atoms with Crippen LogP contribution in [0.2, 0.25) is 13.1 Å². The van der Waals surface area contributed by atoms with Crippen molar-refractivity contribution in [1.82, 2.24) is 5.34 Å². The van der Waals surface area contributed by atoms with Crippen LogP contribution in [-0.2, 0) is 4.79 Å².